The molecule has 0 amide bonds. The monoisotopic (exact) mass is 320 g/mol. The molecule has 0 aromatic carbocycles. The van der Waals surface area contributed by atoms with Gasteiger partial charge in [-0.1, -0.05) is 50.4 Å². The standard InChI is InChI=1S/C19H28O4/c1-3-5-7-9-11-16-22-18(20)14-13-15-19(21)23-17-12-10-8-6-4-2/h3-8,13-17H2,1-2H3. The van der Waals surface area contributed by atoms with Crippen LogP contribution < -0.4 is 0 Å². The second kappa shape index (κ2) is 16.4. The first kappa shape index (κ1) is 21.1. The van der Waals surface area contributed by atoms with Gasteiger partial charge in [-0.3, -0.25) is 9.59 Å². The molecule has 0 aliphatic rings. The van der Waals surface area contributed by atoms with Crippen molar-refractivity contribution in [2.45, 2.75) is 71.6 Å². The fourth-order valence-corrected chi connectivity index (χ4v) is 1.56. The molecular weight excluding hydrogens is 292 g/mol. The van der Waals surface area contributed by atoms with Crippen LogP contribution in [0.5, 0.6) is 0 Å². The fourth-order valence-electron chi connectivity index (χ4n) is 1.56. The van der Waals surface area contributed by atoms with E-state index in [1.54, 1.807) is 0 Å². The minimum atomic E-state index is -0.332. The Morgan fingerprint density at radius 3 is 1.52 bits per heavy atom. The van der Waals surface area contributed by atoms with Crippen LogP contribution in [0.15, 0.2) is 0 Å². The van der Waals surface area contributed by atoms with Gasteiger partial charge in [-0.05, 0) is 19.3 Å². The van der Waals surface area contributed by atoms with E-state index in [2.05, 4.69) is 37.5 Å². The number of ether oxygens (including phenoxy) is 2. The lowest BCUT2D eigenvalue weighted by Crippen LogP contribution is -2.08. The van der Waals surface area contributed by atoms with E-state index in [1.165, 1.54) is 0 Å². The van der Waals surface area contributed by atoms with E-state index in [4.69, 9.17) is 9.47 Å². The maximum absolute atomic E-state index is 11.4. The van der Waals surface area contributed by atoms with E-state index in [0.717, 1.165) is 38.5 Å². The topological polar surface area (TPSA) is 52.6 Å². The maximum Gasteiger partial charge on any atom is 0.306 e. The minimum absolute atomic E-state index is 0.125. The Morgan fingerprint density at radius 2 is 1.13 bits per heavy atom. The van der Waals surface area contributed by atoms with Crippen molar-refractivity contribution in [1.29, 1.82) is 0 Å². The van der Waals surface area contributed by atoms with Crippen molar-refractivity contribution in [2.75, 3.05) is 13.2 Å². The summed E-state index contributed by atoms with van der Waals surface area (Å²) in [6.45, 7) is 4.46. The first-order valence-corrected chi connectivity index (χ1v) is 8.43. The molecule has 4 nitrogen and oxygen atoms in total. The zero-order chi connectivity index (χ0) is 17.2. The van der Waals surface area contributed by atoms with Crippen LogP contribution in [0.3, 0.4) is 0 Å². The zero-order valence-electron chi connectivity index (χ0n) is 14.4. The van der Waals surface area contributed by atoms with Gasteiger partial charge in [0, 0.05) is 25.7 Å². The van der Waals surface area contributed by atoms with E-state index < -0.39 is 0 Å². The van der Waals surface area contributed by atoms with E-state index in [-0.39, 0.29) is 38.0 Å². The molecule has 23 heavy (non-hydrogen) atoms. The van der Waals surface area contributed by atoms with Gasteiger partial charge in [-0.15, -0.1) is 0 Å². The molecule has 0 rings (SSSR count). The quantitative estimate of drug-likeness (QED) is 0.350. The Labute approximate surface area is 140 Å². The molecule has 0 saturated carbocycles. The molecule has 0 saturated heterocycles. The summed E-state index contributed by atoms with van der Waals surface area (Å²) in [5, 5.41) is 0. The van der Waals surface area contributed by atoms with Gasteiger partial charge < -0.3 is 9.47 Å². The zero-order valence-corrected chi connectivity index (χ0v) is 14.4. The molecule has 0 heterocycles. The molecule has 0 unspecified atom stereocenters. The van der Waals surface area contributed by atoms with Gasteiger partial charge in [-0.2, -0.15) is 0 Å². The number of carbonyl (C=O) groups is 2. The van der Waals surface area contributed by atoms with Gasteiger partial charge in [-0.25, -0.2) is 0 Å². The minimum Gasteiger partial charge on any atom is -0.452 e. The highest BCUT2D eigenvalue weighted by molar-refractivity contribution is 5.72. The van der Waals surface area contributed by atoms with Crippen LogP contribution >= 0.6 is 0 Å². The van der Waals surface area contributed by atoms with E-state index in [1.807, 2.05) is 0 Å². The van der Waals surface area contributed by atoms with Crippen molar-refractivity contribution in [3.63, 3.8) is 0 Å². The van der Waals surface area contributed by atoms with Crippen molar-refractivity contribution < 1.29 is 19.1 Å². The molecule has 0 atom stereocenters. The third-order valence-corrected chi connectivity index (χ3v) is 2.93. The maximum atomic E-state index is 11.4. The van der Waals surface area contributed by atoms with Gasteiger partial charge in [0.25, 0.3) is 0 Å². The molecule has 4 heteroatoms. The molecule has 0 fully saturated rings. The average molecular weight is 320 g/mol. The number of esters is 2. The molecule has 0 aliphatic heterocycles. The smallest absolute Gasteiger partial charge is 0.306 e. The number of rotatable bonds is 10. The molecule has 0 spiro atoms. The second-order valence-corrected chi connectivity index (χ2v) is 5.09. The average Bonchev–Trinajstić information content (AvgIpc) is 2.54. The number of hydrogen-bond donors (Lipinski definition) is 0. The van der Waals surface area contributed by atoms with Crippen molar-refractivity contribution >= 4 is 11.9 Å². The molecular formula is C19H28O4. The predicted molar refractivity (Wildman–Crippen MR) is 90.4 cm³/mol. The van der Waals surface area contributed by atoms with Gasteiger partial charge in [0.1, 0.15) is 0 Å². The molecule has 0 N–H and O–H groups in total. The largest absolute Gasteiger partial charge is 0.452 e. The van der Waals surface area contributed by atoms with Gasteiger partial charge >= 0.3 is 11.9 Å². The molecule has 0 aromatic rings. The van der Waals surface area contributed by atoms with Crippen LogP contribution in [-0.2, 0) is 19.1 Å². The van der Waals surface area contributed by atoms with Crippen LogP contribution in [-0.4, -0.2) is 25.2 Å². The normalized spacial score (nSPS) is 9.13. The summed E-state index contributed by atoms with van der Waals surface area (Å²) in [6, 6.07) is 0. The van der Waals surface area contributed by atoms with Crippen molar-refractivity contribution in [2.24, 2.45) is 0 Å². The first-order chi connectivity index (χ1) is 11.2. The summed E-state index contributed by atoms with van der Waals surface area (Å²) >= 11 is 0. The molecule has 128 valence electrons. The molecule has 0 bridgehead atoms. The van der Waals surface area contributed by atoms with Gasteiger partial charge in [0.05, 0.1) is 0 Å². The summed E-state index contributed by atoms with van der Waals surface area (Å²) in [7, 11) is 0. The highest BCUT2D eigenvalue weighted by Crippen LogP contribution is 2.00. The van der Waals surface area contributed by atoms with Crippen molar-refractivity contribution in [1.82, 2.24) is 0 Å². The highest BCUT2D eigenvalue weighted by atomic mass is 16.5. The Balaban J connectivity index is 3.56. The Hall–Kier alpha value is -1.94. The Bertz CT molecular complexity index is 403. The number of unbranched alkanes of at least 4 members (excludes halogenated alkanes) is 4. The third kappa shape index (κ3) is 16.3. The first-order valence-electron chi connectivity index (χ1n) is 8.43. The van der Waals surface area contributed by atoms with Gasteiger partial charge in [0.15, 0.2) is 13.2 Å². The predicted octanol–water partition coefficient (Wildman–Crippen LogP) is 3.63. The Kier molecular flexibility index (Phi) is 15.0. The SMILES string of the molecule is CCCCC#CCOC(=O)CCCC(=O)OCC#CCCCC. The summed E-state index contributed by atoms with van der Waals surface area (Å²) in [6.07, 6.45) is 6.83. The van der Waals surface area contributed by atoms with Gasteiger partial charge in [0.2, 0.25) is 0 Å². The van der Waals surface area contributed by atoms with Crippen LogP contribution in [0.25, 0.3) is 0 Å². The lowest BCUT2D eigenvalue weighted by molar-refractivity contribution is -0.144. The van der Waals surface area contributed by atoms with Crippen LogP contribution in [0.1, 0.15) is 71.6 Å². The van der Waals surface area contributed by atoms with Crippen LogP contribution in [0, 0.1) is 23.7 Å². The summed E-state index contributed by atoms with van der Waals surface area (Å²) in [5.41, 5.74) is 0. The van der Waals surface area contributed by atoms with E-state index >= 15 is 0 Å². The lowest BCUT2D eigenvalue weighted by atomic mass is 10.2. The Morgan fingerprint density at radius 1 is 0.696 bits per heavy atom. The summed E-state index contributed by atoms with van der Waals surface area (Å²) in [4.78, 5) is 22.8. The van der Waals surface area contributed by atoms with Crippen LogP contribution in [0.2, 0.25) is 0 Å². The third-order valence-electron chi connectivity index (χ3n) is 2.93. The van der Waals surface area contributed by atoms with E-state index in [0.29, 0.717) is 6.42 Å². The van der Waals surface area contributed by atoms with Crippen molar-refractivity contribution in [3.05, 3.63) is 0 Å². The second-order valence-electron chi connectivity index (χ2n) is 5.09. The summed E-state index contributed by atoms with van der Waals surface area (Å²) < 4.78 is 9.91. The molecule has 0 aliphatic carbocycles. The molecule has 0 radical (unpaired) electrons. The summed E-state index contributed by atoms with van der Waals surface area (Å²) in [5.74, 6) is 10.8. The van der Waals surface area contributed by atoms with Crippen LogP contribution in [0.4, 0.5) is 0 Å². The molecule has 0 aromatic heterocycles. The van der Waals surface area contributed by atoms with Crippen molar-refractivity contribution in [3.8, 4) is 23.7 Å². The highest BCUT2D eigenvalue weighted by Gasteiger charge is 2.06. The number of hydrogen-bond acceptors (Lipinski definition) is 4. The number of carbonyl (C=O) groups excluding carboxylic acids is 2. The van der Waals surface area contributed by atoms with E-state index in [9.17, 15) is 9.59 Å². The fraction of sp³-hybridized carbons (Fsp3) is 0.684. The lowest BCUT2D eigenvalue weighted by Gasteiger charge is -2.01.